The summed E-state index contributed by atoms with van der Waals surface area (Å²) in [5.41, 5.74) is 0. The van der Waals surface area contributed by atoms with E-state index in [0.29, 0.717) is 0 Å². The zero-order chi connectivity index (χ0) is 16.0. The summed E-state index contributed by atoms with van der Waals surface area (Å²) in [5.74, 6) is 0. The summed E-state index contributed by atoms with van der Waals surface area (Å²) in [6, 6.07) is 9.80. The van der Waals surface area contributed by atoms with Gasteiger partial charge in [0.25, 0.3) is 0 Å². The Morgan fingerprint density at radius 2 is 0.850 bits per heavy atom. The highest BCUT2D eigenvalue weighted by molar-refractivity contribution is 7.46. The normalized spacial score (nSPS) is 14.5. The van der Waals surface area contributed by atoms with E-state index < -0.39 is 30.4 Å². The summed E-state index contributed by atoms with van der Waals surface area (Å²) >= 11 is 0. The second-order valence-corrected chi connectivity index (χ2v) is 42.5. The maximum Gasteiger partial charge on any atom is 0.0736 e. The molecule has 1 aromatic rings. The molecular weight excluding hydrogens is 305 g/mol. The average Bonchev–Trinajstić information content (AvgIpc) is 2.26. The van der Waals surface area contributed by atoms with Crippen LogP contribution in [-0.4, -0.2) is 30.4 Å². The van der Waals surface area contributed by atoms with Crippen LogP contribution in [0.5, 0.6) is 0 Å². The van der Waals surface area contributed by atoms with Gasteiger partial charge < -0.3 is 0 Å². The number of hydrogen-bond acceptors (Lipinski definition) is 0. The van der Waals surface area contributed by atoms with Gasteiger partial charge >= 0.3 is 0 Å². The molecule has 114 valence electrons. The van der Waals surface area contributed by atoms with Crippen molar-refractivity contribution in [3.8, 4) is 0 Å². The highest BCUT2D eigenvalue weighted by atomic mass is 29.3. The number of benzene rings is 1. The highest BCUT2D eigenvalue weighted by Crippen LogP contribution is 2.21. The fourth-order valence-electron chi connectivity index (χ4n) is 2.16. The van der Waals surface area contributed by atoms with Crippen molar-refractivity contribution in [3.05, 3.63) is 24.3 Å². The summed E-state index contributed by atoms with van der Waals surface area (Å²) < 4.78 is 0. The van der Waals surface area contributed by atoms with Crippen LogP contribution in [0.4, 0.5) is 0 Å². The van der Waals surface area contributed by atoms with Gasteiger partial charge in [0.05, 0.1) is 15.2 Å². The van der Waals surface area contributed by atoms with Crippen molar-refractivity contribution in [3.63, 3.8) is 0 Å². The minimum atomic E-state index is -1.27. The molecular formula is C16H34Si4. The first-order chi connectivity index (χ1) is 8.71. The molecule has 0 spiro atoms. The average molecular weight is 339 g/mol. The predicted molar refractivity (Wildman–Crippen MR) is 107 cm³/mol. The summed E-state index contributed by atoms with van der Waals surface area (Å²) in [7, 11) is -4.72. The van der Waals surface area contributed by atoms with E-state index in [1.54, 1.807) is 10.4 Å². The zero-order valence-electron chi connectivity index (χ0n) is 15.3. The lowest BCUT2D eigenvalue weighted by Crippen LogP contribution is -2.65. The van der Waals surface area contributed by atoms with E-state index in [0.717, 1.165) is 0 Å². The molecule has 0 bridgehead atoms. The maximum atomic E-state index is 2.62. The molecule has 1 aromatic carbocycles. The van der Waals surface area contributed by atoms with Crippen molar-refractivity contribution in [1.82, 2.24) is 0 Å². The van der Waals surface area contributed by atoms with Gasteiger partial charge in [0.15, 0.2) is 0 Å². The van der Waals surface area contributed by atoms with E-state index in [2.05, 4.69) is 89.7 Å². The first-order valence-corrected chi connectivity index (χ1v) is 22.8. The largest absolute Gasteiger partial charge is 0.0736 e. The van der Waals surface area contributed by atoms with E-state index in [1.807, 2.05) is 0 Å². The van der Waals surface area contributed by atoms with Gasteiger partial charge in [-0.2, -0.15) is 0 Å². The summed E-state index contributed by atoms with van der Waals surface area (Å²) in [6.45, 7) is 25.6. The Morgan fingerprint density at radius 1 is 0.550 bits per heavy atom. The Bertz CT molecular complexity index is 435. The summed E-state index contributed by atoms with van der Waals surface area (Å²) in [5, 5.41) is 3.40. The van der Waals surface area contributed by atoms with Crippen molar-refractivity contribution in [2.24, 2.45) is 0 Å². The Morgan fingerprint density at radius 3 is 1.10 bits per heavy atom. The van der Waals surface area contributed by atoms with Crippen molar-refractivity contribution in [2.75, 3.05) is 0 Å². The summed E-state index contributed by atoms with van der Waals surface area (Å²) in [4.78, 5) is 0. The zero-order valence-corrected chi connectivity index (χ0v) is 19.3. The van der Waals surface area contributed by atoms with Gasteiger partial charge in [0, 0.05) is 15.2 Å². The molecule has 0 heterocycles. The molecule has 4 heteroatoms. The number of rotatable bonds is 4. The fraction of sp³-hybridized carbons (Fsp3) is 0.625. The van der Waals surface area contributed by atoms with Crippen LogP contribution in [0.3, 0.4) is 0 Å². The minimum absolute atomic E-state index is 1.09. The van der Waals surface area contributed by atoms with Gasteiger partial charge in [-0.1, -0.05) is 100 Å². The van der Waals surface area contributed by atoms with Crippen LogP contribution in [0, 0.1) is 0 Å². The smallest absolute Gasteiger partial charge is 0.0712 e. The lowest BCUT2D eigenvalue weighted by Gasteiger charge is -2.39. The molecule has 0 nitrogen and oxygen atoms in total. The van der Waals surface area contributed by atoms with E-state index in [9.17, 15) is 0 Å². The molecule has 20 heavy (non-hydrogen) atoms. The molecule has 0 aliphatic rings. The SMILES string of the molecule is C[Si](C)(C)[Si](C)(C)c1cccc([Si](C)(C)[Si](C)(C)C)c1. The van der Waals surface area contributed by atoms with Crippen LogP contribution in [0.25, 0.3) is 0 Å². The Kier molecular flexibility index (Phi) is 4.87. The highest BCUT2D eigenvalue weighted by Gasteiger charge is 2.41. The molecule has 0 aromatic heterocycles. The molecule has 0 saturated carbocycles. The second kappa shape index (κ2) is 5.37. The topological polar surface area (TPSA) is 0 Å². The van der Waals surface area contributed by atoms with E-state index in [4.69, 9.17) is 0 Å². The second-order valence-electron chi connectivity index (χ2n) is 9.33. The Balaban J connectivity index is 3.36. The summed E-state index contributed by atoms with van der Waals surface area (Å²) in [6.07, 6.45) is 0. The molecule has 1 rings (SSSR count). The Labute approximate surface area is 130 Å². The van der Waals surface area contributed by atoms with E-state index in [-0.39, 0.29) is 0 Å². The minimum Gasteiger partial charge on any atom is -0.0712 e. The van der Waals surface area contributed by atoms with Gasteiger partial charge in [-0.15, -0.1) is 0 Å². The maximum absolute atomic E-state index is 2.62. The van der Waals surface area contributed by atoms with Crippen LogP contribution < -0.4 is 10.4 Å². The van der Waals surface area contributed by atoms with Gasteiger partial charge in [-0.25, -0.2) is 0 Å². The van der Waals surface area contributed by atoms with Gasteiger partial charge in [0.2, 0.25) is 0 Å². The van der Waals surface area contributed by atoms with Crippen LogP contribution in [0.1, 0.15) is 0 Å². The lowest BCUT2D eigenvalue weighted by atomic mass is 10.4. The lowest BCUT2D eigenvalue weighted by molar-refractivity contribution is 1.68. The third-order valence-corrected chi connectivity index (χ3v) is 41.3. The molecule has 0 unspecified atom stereocenters. The number of hydrogen-bond donors (Lipinski definition) is 0. The monoisotopic (exact) mass is 338 g/mol. The molecule has 0 saturated heterocycles. The first kappa shape index (κ1) is 18.1. The molecule has 0 N–H and O–H groups in total. The van der Waals surface area contributed by atoms with Crippen LogP contribution >= 0.6 is 0 Å². The quantitative estimate of drug-likeness (QED) is 0.716. The molecule has 0 fully saturated rings. The van der Waals surface area contributed by atoms with E-state index >= 15 is 0 Å². The van der Waals surface area contributed by atoms with Crippen molar-refractivity contribution in [2.45, 2.75) is 65.5 Å². The molecule has 0 aliphatic carbocycles. The van der Waals surface area contributed by atoms with Crippen LogP contribution in [0.15, 0.2) is 24.3 Å². The van der Waals surface area contributed by atoms with Gasteiger partial charge in [-0.3, -0.25) is 0 Å². The van der Waals surface area contributed by atoms with Gasteiger partial charge in [0.1, 0.15) is 0 Å². The van der Waals surface area contributed by atoms with Crippen molar-refractivity contribution < 1.29 is 0 Å². The third-order valence-electron chi connectivity index (χ3n) is 6.06. The van der Waals surface area contributed by atoms with Crippen molar-refractivity contribution in [1.29, 1.82) is 0 Å². The molecule has 0 aliphatic heterocycles. The third kappa shape index (κ3) is 3.29. The van der Waals surface area contributed by atoms with Crippen LogP contribution in [-0.2, 0) is 0 Å². The van der Waals surface area contributed by atoms with Gasteiger partial charge in [-0.05, 0) is 0 Å². The molecule has 0 amide bonds. The Hall–Kier alpha value is 0.0875. The predicted octanol–water partition coefficient (Wildman–Crippen LogP) is 4.35. The van der Waals surface area contributed by atoms with Crippen LogP contribution in [0.2, 0.25) is 65.5 Å². The molecule has 0 radical (unpaired) electrons. The van der Waals surface area contributed by atoms with E-state index in [1.165, 1.54) is 0 Å². The fourth-order valence-corrected chi connectivity index (χ4v) is 12.2. The molecule has 0 atom stereocenters. The standard InChI is InChI=1S/C16H34Si4/c1-17(2,3)19(7,8)15-12-11-13-16(14-15)20(9,10)18(4,5)6/h11-14H,1-10H3. The van der Waals surface area contributed by atoms with Crippen molar-refractivity contribution >= 4 is 40.7 Å². The first-order valence-electron chi connectivity index (χ1n) is 7.82.